The van der Waals surface area contributed by atoms with Crippen LogP contribution in [0.2, 0.25) is 0 Å². The van der Waals surface area contributed by atoms with Crippen molar-refractivity contribution in [3.05, 3.63) is 0 Å². The third-order valence-electron chi connectivity index (χ3n) is 3.13. The van der Waals surface area contributed by atoms with Crippen LogP contribution in [-0.2, 0) is 9.53 Å². The molecule has 1 aliphatic heterocycles. The number of methoxy groups -OCH3 is 1. The number of rotatable bonds is 7. The summed E-state index contributed by atoms with van der Waals surface area (Å²) in [5.74, 6) is -1.22. The van der Waals surface area contributed by atoms with Gasteiger partial charge in [-0.2, -0.15) is 0 Å². The van der Waals surface area contributed by atoms with E-state index in [1.807, 2.05) is 0 Å². The molecule has 1 saturated heterocycles. The van der Waals surface area contributed by atoms with Gasteiger partial charge in [0.2, 0.25) is 0 Å². The molecule has 18 heavy (non-hydrogen) atoms. The first-order valence-corrected chi connectivity index (χ1v) is 6.39. The first-order chi connectivity index (χ1) is 8.65. The van der Waals surface area contributed by atoms with Gasteiger partial charge in [-0.25, -0.2) is 4.79 Å². The molecule has 1 aliphatic rings. The molecule has 1 unspecified atom stereocenters. The number of aliphatic carboxylic acids is 1. The quantitative estimate of drug-likeness (QED) is 0.665. The lowest BCUT2D eigenvalue weighted by Gasteiger charge is -2.16. The SMILES string of the molecule is COCCCCCNC(=O)N1CCC(C(=O)O)C1. The fraction of sp³-hybridized carbons (Fsp3) is 0.833. The van der Waals surface area contributed by atoms with E-state index in [9.17, 15) is 9.59 Å². The lowest BCUT2D eigenvalue weighted by Crippen LogP contribution is -2.39. The van der Waals surface area contributed by atoms with E-state index in [2.05, 4.69) is 5.32 Å². The van der Waals surface area contributed by atoms with E-state index >= 15 is 0 Å². The monoisotopic (exact) mass is 258 g/mol. The molecule has 0 aromatic carbocycles. The fourth-order valence-corrected chi connectivity index (χ4v) is 2.00. The molecule has 2 N–H and O–H groups in total. The van der Waals surface area contributed by atoms with E-state index in [4.69, 9.17) is 9.84 Å². The fourth-order valence-electron chi connectivity index (χ4n) is 2.00. The third kappa shape index (κ3) is 4.91. The Bertz CT molecular complexity index is 283. The largest absolute Gasteiger partial charge is 0.481 e. The van der Waals surface area contributed by atoms with Gasteiger partial charge in [-0.1, -0.05) is 0 Å². The third-order valence-corrected chi connectivity index (χ3v) is 3.13. The molecular weight excluding hydrogens is 236 g/mol. The molecule has 1 atom stereocenters. The number of amides is 2. The lowest BCUT2D eigenvalue weighted by molar-refractivity contribution is -0.141. The predicted octanol–water partition coefficient (Wildman–Crippen LogP) is 0.919. The standard InChI is InChI=1S/C12H22N2O4/c1-18-8-4-2-3-6-13-12(17)14-7-5-10(9-14)11(15)16/h10H,2-9H2,1H3,(H,13,17)(H,15,16). The molecule has 0 bridgehead atoms. The van der Waals surface area contributed by atoms with Crippen LogP contribution < -0.4 is 5.32 Å². The highest BCUT2D eigenvalue weighted by molar-refractivity contribution is 5.77. The lowest BCUT2D eigenvalue weighted by atomic mass is 10.1. The Hall–Kier alpha value is -1.30. The van der Waals surface area contributed by atoms with E-state index in [1.54, 1.807) is 12.0 Å². The van der Waals surface area contributed by atoms with Crippen molar-refractivity contribution < 1.29 is 19.4 Å². The van der Waals surface area contributed by atoms with Crippen LogP contribution in [0, 0.1) is 5.92 Å². The smallest absolute Gasteiger partial charge is 0.317 e. The van der Waals surface area contributed by atoms with Gasteiger partial charge in [0, 0.05) is 33.4 Å². The van der Waals surface area contributed by atoms with Crippen molar-refractivity contribution in [2.75, 3.05) is 33.4 Å². The molecule has 1 heterocycles. The van der Waals surface area contributed by atoms with Crippen molar-refractivity contribution in [3.8, 4) is 0 Å². The molecule has 0 radical (unpaired) electrons. The summed E-state index contributed by atoms with van der Waals surface area (Å²) in [5.41, 5.74) is 0. The summed E-state index contributed by atoms with van der Waals surface area (Å²) >= 11 is 0. The van der Waals surface area contributed by atoms with Gasteiger partial charge in [0.25, 0.3) is 0 Å². The second-order valence-corrected chi connectivity index (χ2v) is 4.56. The zero-order chi connectivity index (χ0) is 13.4. The first kappa shape index (κ1) is 14.8. The molecular formula is C12H22N2O4. The van der Waals surface area contributed by atoms with Crippen LogP contribution in [0.3, 0.4) is 0 Å². The molecule has 1 fully saturated rings. The predicted molar refractivity (Wildman–Crippen MR) is 66.4 cm³/mol. The molecule has 6 nitrogen and oxygen atoms in total. The van der Waals surface area contributed by atoms with E-state index in [-0.39, 0.29) is 6.03 Å². The Balaban J connectivity index is 2.09. The summed E-state index contributed by atoms with van der Waals surface area (Å²) in [6.45, 7) is 2.24. The number of carboxylic acid groups (broad SMARTS) is 1. The van der Waals surface area contributed by atoms with Crippen molar-refractivity contribution in [2.24, 2.45) is 5.92 Å². The van der Waals surface area contributed by atoms with Crippen LogP contribution >= 0.6 is 0 Å². The number of ether oxygens (including phenoxy) is 1. The van der Waals surface area contributed by atoms with Gasteiger partial charge in [-0.05, 0) is 25.7 Å². The topological polar surface area (TPSA) is 78.9 Å². The zero-order valence-electron chi connectivity index (χ0n) is 10.9. The van der Waals surface area contributed by atoms with Gasteiger partial charge in [-0.15, -0.1) is 0 Å². The number of carbonyl (C=O) groups excluding carboxylic acids is 1. The van der Waals surface area contributed by atoms with Crippen LogP contribution in [-0.4, -0.2) is 55.4 Å². The summed E-state index contributed by atoms with van der Waals surface area (Å²) < 4.78 is 4.93. The molecule has 0 saturated carbocycles. The van der Waals surface area contributed by atoms with E-state index < -0.39 is 11.9 Å². The normalized spacial score (nSPS) is 18.9. The van der Waals surface area contributed by atoms with Crippen molar-refractivity contribution in [1.29, 1.82) is 0 Å². The molecule has 0 aliphatic carbocycles. The summed E-state index contributed by atoms with van der Waals surface area (Å²) in [6.07, 6.45) is 3.49. The van der Waals surface area contributed by atoms with E-state index in [0.29, 0.717) is 26.1 Å². The number of hydrogen-bond acceptors (Lipinski definition) is 3. The number of nitrogens with one attached hydrogen (secondary N) is 1. The number of nitrogens with zero attached hydrogens (tertiary/aromatic N) is 1. The molecule has 1 rings (SSSR count). The van der Waals surface area contributed by atoms with Gasteiger partial charge >= 0.3 is 12.0 Å². The van der Waals surface area contributed by atoms with Crippen LogP contribution in [0.5, 0.6) is 0 Å². The van der Waals surface area contributed by atoms with Crippen LogP contribution in [0.15, 0.2) is 0 Å². The minimum Gasteiger partial charge on any atom is -0.481 e. The van der Waals surface area contributed by atoms with Crippen molar-refractivity contribution in [2.45, 2.75) is 25.7 Å². The number of urea groups is 1. The first-order valence-electron chi connectivity index (χ1n) is 6.39. The maximum Gasteiger partial charge on any atom is 0.317 e. The molecule has 0 aromatic rings. The van der Waals surface area contributed by atoms with Gasteiger partial charge in [0.15, 0.2) is 0 Å². The van der Waals surface area contributed by atoms with Gasteiger partial charge in [-0.3, -0.25) is 4.79 Å². The number of hydrogen-bond donors (Lipinski definition) is 2. The Morgan fingerprint density at radius 1 is 1.39 bits per heavy atom. The number of carbonyl (C=O) groups is 2. The van der Waals surface area contributed by atoms with Gasteiger partial charge in [0.05, 0.1) is 5.92 Å². The molecule has 104 valence electrons. The summed E-state index contributed by atoms with van der Waals surface area (Å²) in [6, 6.07) is -0.148. The minimum absolute atomic E-state index is 0.148. The Morgan fingerprint density at radius 2 is 2.17 bits per heavy atom. The van der Waals surface area contributed by atoms with Crippen molar-refractivity contribution >= 4 is 12.0 Å². The van der Waals surface area contributed by atoms with Crippen molar-refractivity contribution in [3.63, 3.8) is 0 Å². The number of unbranched alkanes of at least 4 members (excludes halogenated alkanes) is 2. The maximum atomic E-state index is 11.7. The second kappa shape index (κ2) is 7.92. The van der Waals surface area contributed by atoms with Gasteiger partial charge < -0.3 is 20.1 Å². The van der Waals surface area contributed by atoms with Crippen LogP contribution in [0.25, 0.3) is 0 Å². The number of carboxylic acids is 1. The van der Waals surface area contributed by atoms with Crippen molar-refractivity contribution in [1.82, 2.24) is 10.2 Å². The average Bonchev–Trinajstić information content (AvgIpc) is 2.83. The molecule has 6 heteroatoms. The Morgan fingerprint density at radius 3 is 2.78 bits per heavy atom. The Labute approximate surface area is 107 Å². The summed E-state index contributed by atoms with van der Waals surface area (Å²) in [7, 11) is 1.67. The summed E-state index contributed by atoms with van der Waals surface area (Å²) in [5, 5.41) is 11.7. The average molecular weight is 258 g/mol. The highest BCUT2D eigenvalue weighted by Crippen LogP contribution is 2.15. The van der Waals surface area contributed by atoms with Crippen LogP contribution in [0.4, 0.5) is 4.79 Å². The zero-order valence-corrected chi connectivity index (χ0v) is 10.9. The Kier molecular flexibility index (Phi) is 6.49. The summed E-state index contributed by atoms with van der Waals surface area (Å²) in [4.78, 5) is 24.0. The minimum atomic E-state index is -0.815. The highest BCUT2D eigenvalue weighted by atomic mass is 16.5. The molecule has 0 spiro atoms. The maximum absolute atomic E-state index is 11.7. The second-order valence-electron chi connectivity index (χ2n) is 4.56. The highest BCUT2D eigenvalue weighted by Gasteiger charge is 2.30. The van der Waals surface area contributed by atoms with Crippen LogP contribution in [0.1, 0.15) is 25.7 Å². The van der Waals surface area contributed by atoms with E-state index in [0.717, 1.165) is 25.9 Å². The molecule has 2 amide bonds. The number of likely N-dealkylation sites (tertiary alicyclic amines) is 1. The van der Waals surface area contributed by atoms with Gasteiger partial charge in [0.1, 0.15) is 0 Å². The van der Waals surface area contributed by atoms with E-state index in [1.165, 1.54) is 0 Å². The molecule has 0 aromatic heterocycles.